The summed E-state index contributed by atoms with van der Waals surface area (Å²) >= 11 is 0. The van der Waals surface area contributed by atoms with Gasteiger partial charge in [-0.05, 0) is 38.5 Å². The molecule has 0 saturated heterocycles. The molecule has 0 aliphatic heterocycles. The van der Waals surface area contributed by atoms with Crippen molar-refractivity contribution in [2.24, 2.45) is 5.73 Å². The second-order valence-corrected chi connectivity index (χ2v) is 4.42. The first-order chi connectivity index (χ1) is 8.95. The molecule has 5 nitrogen and oxygen atoms in total. The lowest BCUT2D eigenvalue weighted by Gasteiger charge is -2.09. The van der Waals surface area contributed by atoms with Crippen LogP contribution in [0.5, 0.6) is 0 Å². The molecule has 1 unspecified atom stereocenters. The third-order valence-electron chi connectivity index (χ3n) is 3.25. The van der Waals surface area contributed by atoms with E-state index in [2.05, 4.69) is 4.74 Å². The first kappa shape index (κ1) is 13.4. The Kier molecular flexibility index (Phi) is 3.48. The number of nitrogens with two attached hydrogens (primary N) is 1. The Hall–Kier alpha value is -2.01. The quantitative estimate of drug-likeness (QED) is 0.861. The third kappa shape index (κ3) is 2.29. The fourth-order valence-electron chi connectivity index (χ4n) is 2.14. The number of hydrogen-bond donors (Lipinski definition) is 1. The van der Waals surface area contributed by atoms with E-state index in [4.69, 9.17) is 14.6 Å². The first-order valence-corrected chi connectivity index (χ1v) is 5.95. The summed E-state index contributed by atoms with van der Waals surface area (Å²) in [7, 11) is 1.30. The average Bonchev–Trinajstić information content (AvgIpc) is 2.95. The summed E-state index contributed by atoms with van der Waals surface area (Å²) in [6, 6.07) is 2.77. The number of carbonyl (C=O) groups excluding carboxylic acids is 1. The SMILES string of the molecule is COC(=O)c1ccc(C(N)c2c(C)oc(C)c2C)o1. The van der Waals surface area contributed by atoms with Crippen molar-refractivity contribution in [1.82, 2.24) is 0 Å². The van der Waals surface area contributed by atoms with Gasteiger partial charge in [-0.3, -0.25) is 0 Å². The summed E-state index contributed by atoms with van der Waals surface area (Å²) in [4.78, 5) is 11.3. The Morgan fingerprint density at radius 1 is 1.21 bits per heavy atom. The monoisotopic (exact) mass is 263 g/mol. The largest absolute Gasteiger partial charge is 0.466 e. The number of ether oxygens (including phenoxy) is 1. The Balaban J connectivity index is 2.36. The molecule has 5 heteroatoms. The number of carbonyl (C=O) groups is 1. The Morgan fingerprint density at radius 3 is 2.42 bits per heavy atom. The summed E-state index contributed by atoms with van der Waals surface area (Å²) in [6.45, 7) is 5.70. The van der Waals surface area contributed by atoms with Gasteiger partial charge in [0.15, 0.2) is 0 Å². The van der Waals surface area contributed by atoms with Crippen LogP contribution in [0, 0.1) is 20.8 Å². The van der Waals surface area contributed by atoms with Crippen molar-refractivity contribution in [3.8, 4) is 0 Å². The van der Waals surface area contributed by atoms with Crippen LogP contribution >= 0.6 is 0 Å². The van der Waals surface area contributed by atoms with E-state index in [0.717, 1.165) is 22.6 Å². The minimum atomic E-state index is -0.518. The second-order valence-electron chi connectivity index (χ2n) is 4.42. The van der Waals surface area contributed by atoms with Gasteiger partial charge >= 0.3 is 5.97 Å². The number of esters is 1. The average molecular weight is 263 g/mol. The van der Waals surface area contributed by atoms with Gasteiger partial charge in [0.1, 0.15) is 17.3 Å². The molecule has 0 bridgehead atoms. The van der Waals surface area contributed by atoms with Crippen LogP contribution in [0.2, 0.25) is 0 Å². The van der Waals surface area contributed by atoms with Crippen LogP contribution in [0.3, 0.4) is 0 Å². The lowest BCUT2D eigenvalue weighted by atomic mass is 10.0. The smallest absolute Gasteiger partial charge is 0.373 e. The highest BCUT2D eigenvalue weighted by Gasteiger charge is 2.23. The molecule has 0 radical (unpaired) electrons. The molecule has 0 spiro atoms. The minimum Gasteiger partial charge on any atom is -0.466 e. The van der Waals surface area contributed by atoms with Crippen LogP contribution in [-0.4, -0.2) is 13.1 Å². The minimum absolute atomic E-state index is 0.142. The zero-order valence-corrected chi connectivity index (χ0v) is 11.4. The van der Waals surface area contributed by atoms with Crippen molar-refractivity contribution >= 4 is 5.97 Å². The highest BCUT2D eigenvalue weighted by Crippen LogP contribution is 2.30. The van der Waals surface area contributed by atoms with Crippen LogP contribution in [-0.2, 0) is 4.74 Å². The molecule has 2 heterocycles. The standard InChI is InChI=1S/C14H17NO4/c1-7-8(2)18-9(3)12(7)13(15)10-5-6-11(19-10)14(16)17-4/h5-6,13H,15H2,1-4H3. The van der Waals surface area contributed by atoms with Crippen molar-refractivity contribution in [2.45, 2.75) is 26.8 Å². The van der Waals surface area contributed by atoms with E-state index in [1.165, 1.54) is 7.11 Å². The van der Waals surface area contributed by atoms with Gasteiger partial charge in [-0.2, -0.15) is 0 Å². The van der Waals surface area contributed by atoms with Crippen LogP contribution in [0.15, 0.2) is 21.0 Å². The highest BCUT2D eigenvalue weighted by atomic mass is 16.5. The Bertz CT molecular complexity index is 609. The van der Waals surface area contributed by atoms with Gasteiger partial charge < -0.3 is 19.3 Å². The van der Waals surface area contributed by atoms with Gasteiger partial charge in [0.05, 0.1) is 13.2 Å². The van der Waals surface area contributed by atoms with Crippen LogP contribution in [0.4, 0.5) is 0 Å². The molecule has 0 aliphatic carbocycles. The maximum atomic E-state index is 11.3. The normalized spacial score (nSPS) is 12.5. The molecular weight excluding hydrogens is 246 g/mol. The van der Waals surface area contributed by atoms with E-state index in [1.807, 2.05) is 20.8 Å². The van der Waals surface area contributed by atoms with Gasteiger partial charge in [-0.25, -0.2) is 4.79 Å². The molecule has 0 amide bonds. The fourth-order valence-corrected chi connectivity index (χ4v) is 2.14. The number of hydrogen-bond acceptors (Lipinski definition) is 5. The zero-order valence-electron chi connectivity index (χ0n) is 11.4. The summed E-state index contributed by atoms with van der Waals surface area (Å²) in [6.07, 6.45) is 0. The third-order valence-corrected chi connectivity index (χ3v) is 3.25. The molecule has 0 aliphatic rings. The van der Waals surface area contributed by atoms with Crippen molar-refractivity contribution in [1.29, 1.82) is 0 Å². The molecular formula is C14H17NO4. The molecule has 19 heavy (non-hydrogen) atoms. The summed E-state index contributed by atoms with van der Waals surface area (Å²) in [5.41, 5.74) is 8.07. The second kappa shape index (κ2) is 4.93. The maximum Gasteiger partial charge on any atom is 0.373 e. The zero-order chi connectivity index (χ0) is 14.2. The topological polar surface area (TPSA) is 78.6 Å². The molecule has 0 saturated carbocycles. The van der Waals surface area contributed by atoms with E-state index in [0.29, 0.717) is 5.76 Å². The van der Waals surface area contributed by atoms with Crippen molar-refractivity contribution in [2.75, 3.05) is 7.11 Å². The Morgan fingerprint density at radius 2 is 1.89 bits per heavy atom. The van der Waals surface area contributed by atoms with Gasteiger partial charge in [-0.15, -0.1) is 0 Å². The van der Waals surface area contributed by atoms with Gasteiger partial charge in [0.2, 0.25) is 5.76 Å². The predicted octanol–water partition coefficient (Wildman–Crippen LogP) is 2.63. The summed E-state index contributed by atoms with van der Waals surface area (Å²) in [5.74, 6) is 1.73. The van der Waals surface area contributed by atoms with Crippen molar-refractivity contribution in [3.63, 3.8) is 0 Å². The summed E-state index contributed by atoms with van der Waals surface area (Å²) < 4.78 is 15.6. The lowest BCUT2D eigenvalue weighted by molar-refractivity contribution is 0.0562. The molecule has 1 atom stereocenters. The number of furan rings is 2. The number of aryl methyl sites for hydroxylation is 2. The van der Waals surface area contributed by atoms with Crippen LogP contribution in [0.25, 0.3) is 0 Å². The molecule has 2 N–H and O–H groups in total. The number of rotatable bonds is 3. The summed E-state index contributed by atoms with van der Waals surface area (Å²) in [5, 5.41) is 0. The molecule has 2 rings (SSSR count). The molecule has 0 fully saturated rings. The van der Waals surface area contributed by atoms with Gasteiger partial charge in [-0.1, -0.05) is 0 Å². The van der Waals surface area contributed by atoms with E-state index in [9.17, 15) is 4.79 Å². The fraction of sp³-hybridized carbons (Fsp3) is 0.357. The number of methoxy groups -OCH3 is 1. The van der Waals surface area contributed by atoms with E-state index in [1.54, 1.807) is 12.1 Å². The lowest BCUT2D eigenvalue weighted by Crippen LogP contribution is -2.12. The first-order valence-electron chi connectivity index (χ1n) is 5.95. The molecule has 0 aromatic carbocycles. The highest BCUT2D eigenvalue weighted by molar-refractivity contribution is 5.86. The van der Waals surface area contributed by atoms with E-state index >= 15 is 0 Å². The van der Waals surface area contributed by atoms with Crippen LogP contribution < -0.4 is 5.73 Å². The van der Waals surface area contributed by atoms with E-state index in [-0.39, 0.29) is 5.76 Å². The van der Waals surface area contributed by atoms with Crippen molar-refractivity contribution in [3.05, 3.63) is 46.3 Å². The van der Waals surface area contributed by atoms with Gasteiger partial charge in [0.25, 0.3) is 0 Å². The van der Waals surface area contributed by atoms with Crippen LogP contribution in [0.1, 0.15) is 45.0 Å². The molecule has 2 aromatic heterocycles. The maximum absolute atomic E-state index is 11.3. The Labute approximate surface area is 111 Å². The molecule has 102 valence electrons. The predicted molar refractivity (Wildman–Crippen MR) is 69.0 cm³/mol. The van der Waals surface area contributed by atoms with E-state index < -0.39 is 12.0 Å². The molecule has 2 aromatic rings. The van der Waals surface area contributed by atoms with Gasteiger partial charge in [0, 0.05) is 5.56 Å². The van der Waals surface area contributed by atoms with Crippen molar-refractivity contribution < 1.29 is 18.4 Å².